The van der Waals surface area contributed by atoms with Crippen molar-refractivity contribution in [3.8, 4) is 0 Å². The fourth-order valence-corrected chi connectivity index (χ4v) is 2.93. The average molecular weight is 355 g/mol. The van der Waals surface area contributed by atoms with Gasteiger partial charge in [-0.3, -0.25) is 4.79 Å². The van der Waals surface area contributed by atoms with Crippen LogP contribution >= 0.6 is 0 Å². The number of rotatable bonds is 6. The Labute approximate surface area is 152 Å². The summed E-state index contributed by atoms with van der Waals surface area (Å²) in [7, 11) is 1.58. The summed E-state index contributed by atoms with van der Waals surface area (Å²) in [6.45, 7) is 0.906. The molecule has 0 heterocycles. The van der Waals surface area contributed by atoms with Crippen molar-refractivity contribution < 1.29 is 14.0 Å². The van der Waals surface area contributed by atoms with E-state index in [1.165, 1.54) is 12.1 Å². The van der Waals surface area contributed by atoms with Crippen LogP contribution in [0.3, 0.4) is 0 Å². The Balaban J connectivity index is 1.47. The number of carbonyl (C=O) groups is 2. The number of nitrogens with one attached hydrogen (secondary N) is 3. The average Bonchev–Trinajstić information content (AvgIpc) is 3.46. The van der Waals surface area contributed by atoms with Crippen molar-refractivity contribution in [3.05, 3.63) is 71.0 Å². The Kier molecular flexibility index (Phi) is 5.21. The first-order chi connectivity index (χ1) is 12.5. The molecule has 2 aromatic carbocycles. The smallest absolute Gasteiger partial charge is 0.315 e. The van der Waals surface area contributed by atoms with Gasteiger partial charge >= 0.3 is 6.03 Å². The van der Waals surface area contributed by atoms with Crippen LogP contribution in [0, 0.1) is 5.82 Å². The molecule has 6 heteroatoms. The fraction of sp³-hybridized carbons (Fsp3) is 0.300. The van der Waals surface area contributed by atoms with Crippen LogP contribution in [0.4, 0.5) is 9.18 Å². The highest BCUT2D eigenvalue weighted by atomic mass is 19.1. The van der Waals surface area contributed by atoms with Gasteiger partial charge in [0.15, 0.2) is 0 Å². The lowest BCUT2D eigenvalue weighted by Gasteiger charge is -2.17. The minimum Gasteiger partial charge on any atom is -0.355 e. The molecule has 0 aliphatic heterocycles. The quantitative estimate of drug-likeness (QED) is 0.746. The molecule has 0 spiro atoms. The summed E-state index contributed by atoms with van der Waals surface area (Å²) in [6.07, 6.45) is 1.97. The van der Waals surface area contributed by atoms with E-state index in [0.717, 1.165) is 24.0 Å². The molecule has 3 rings (SSSR count). The van der Waals surface area contributed by atoms with Crippen molar-refractivity contribution in [1.82, 2.24) is 16.0 Å². The van der Waals surface area contributed by atoms with Gasteiger partial charge in [-0.15, -0.1) is 0 Å². The number of carbonyl (C=O) groups excluding carboxylic acids is 2. The van der Waals surface area contributed by atoms with Crippen LogP contribution in [0.5, 0.6) is 0 Å². The third-order valence-corrected chi connectivity index (χ3v) is 4.79. The van der Waals surface area contributed by atoms with Crippen molar-refractivity contribution in [2.45, 2.75) is 24.8 Å². The van der Waals surface area contributed by atoms with Gasteiger partial charge in [-0.1, -0.05) is 24.3 Å². The topological polar surface area (TPSA) is 70.2 Å². The Morgan fingerprint density at radius 2 is 1.65 bits per heavy atom. The molecule has 5 nitrogen and oxygen atoms in total. The first kappa shape index (κ1) is 17.9. The molecule has 136 valence electrons. The van der Waals surface area contributed by atoms with Crippen LogP contribution in [-0.2, 0) is 12.0 Å². The van der Waals surface area contributed by atoms with E-state index in [-0.39, 0.29) is 23.2 Å². The van der Waals surface area contributed by atoms with Gasteiger partial charge in [0, 0.05) is 31.1 Å². The molecule has 26 heavy (non-hydrogen) atoms. The van der Waals surface area contributed by atoms with Crippen LogP contribution in [0.25, 0.3) is 0 Å². The zero-order chi connectivity index (χ0) is 18.6. The SMILES string of the molecule is CNC(=O)c1ccc(CNC(=O)NCC2(c3ccc(F)cc3)CC2)cc1. The van der Waals surface area contributed by atoms with Gasteiger partial charge in [0.1, 0.15) is 5.82 Å². The standard InChI is InChI=1S/C20H22FN3O2/c1-22-18(25)15-4-2-14(3-5-15)12-23-19(26)24-13-20(10-11-20)16-6-8-17(21)9-7-16/h2-9H,10-13H2,1H3,(H,22,25)(H2,23,24,26). The highest BCUT2D eigenvalue weighted by molar-refractivity contribution is 5.93. The van der Waals surface area contributed by atoms with E-state index < -0.39 is 0 Å². The molecule has 0 unspecified atom stereocenters. The Bertz CT molecular complexity index is 784. The maximum atomic E-state index is 13.1. The van der Waals surface area contributed by atoms with Crippen LogP contribution in [-0.4, -0.2) is 25.5 Å². The van der Waals surface area contributed by atoms with E-state index >= 15 is 0 Å². The lowest BCUT2D eigenvalue weighted by atomic mass is 9.96. The number of hydrogen-bond acceptors (Lipinski definition) is 2. The summed E-state index contributed by atoms with van der Waals surface area (Å²) < 4.78 is 13.1. The van der Waals surface area contributed by atoms with Crippen LogP contribution < -0.4 is 16.0 Å². The van der Waals surface area contributed by atoms with Gasteiger partial charge in [0.25, 0.3) is 5.91 Å². The van der Waals surface area contributed by atoms with Crippen molar-refractivity contribution >= 4 is 11.9 Å². The van der Waals surface area contributed by atoms with Gasteiger partial charge in [0.05, 0.1) is 0 Å². The molecule has 3 N–H and O–H groups in total. The second-order valence-corrected chi connectivity index (χ2v) is 6.60. The number of benzene rings is 2. The minimum absolute atomic E-state index is 0.0692. The molecular formula is C20H22FN3O2. The summed E-state index contributed by atoms with van der Waals surface area (Å²) in [5.41, 5.74) is 2.48. The van der Waals surface area contributed by atoms with E-state index in [0.29, 0.717) is 18.7 Å². The predicted molar refractivity (Wildman–Crippen MR) is 97.4 cm³/mol. The Morgan fingerprint density at radius 1 is 1.00 bits per heavy atom. The molecule has 3 amide bonds. The third kappa shape index (κ3) is 4.20. The Hall–Kier alpha value is -2.89. The van der Waals surface area contributed by atoms with Gasteiger partial charge in [-0.2, -0.15) is 0 Å². The molecule has 1 fully saturated rings. The Morgan fingerprint density at radius 3 is 2.23 bits per heavy atom. The zero-order valence-electron chi connectivity index (χ0n) is 14.6. The van der Waals surface area contributed by atoms with Crippen molar-refractivity contribution in [1.29, 1.82) is 0 Å². The van der Waals surface area contributed by atoms with E-state index in [9.17, 15) is 14.0 Å². The lowest BCUT2D eigenvalue weighted by Crippen LogP contribution is -2.39. The summed E-state index contributed by atoms with van der Waals surface area (Å²) >= 11 is 0. The molecule has 0 saturated heterocycles. The van der Waals surface area contributed by atoms with Gasteiger partial charge in [-0.25, -0.2) is 9.18 Å². The van der Waals surface area contributed by atoms with Crippen molar-refractivity contribution in [2.24, 2.45) is 0 Å². The largest absolute Gasteiger partial charge is 0.355 e. The number of halogens is 1. The third-order valence-electron chi connectivity index (χ3n) is 4.79. The van der Waals surface area contributed by atoms with Crippen molar-refractivity contribution in [2.75, 3.05) is 13.6 Å². The summed E-state index contributed by atoms with van der Waals surface area (Å²) in [4.78, 5) is 23.6. The molecule has 1 aliphatic rings. The van der Waals surface area contributed by atoms with E-state index in [1.807, 2.05) is 12.1 Å². The second-order valence-electron chi connectivity index (χ2n) is 6.60. The van der Waals surface area contributed by atoms with Gasteiger partial charge < -0.3 is 16.0 Å². The maximum Gasteiger partial charge on any atom is 0.315 e. The second kappa shape index (κ2) is 7.56. The normalized spacial score (nSPS) is 14.4. The van der Waals surface area contributed by atoms with Gasteiger partial charge in [0.2, 0.25) is 0 Å². The first-order valence-electron chi connectivity index (χ1n) is 8.61. The molecule has 1 aliphatic carbocycles. The maximum absolute atomic E-state index is 13.1. The summed E-state index contributed by atoms with van der Waals surface area (Å²) in [5, 5.41) is 8.28. The van der Waals surface area contributed by atoms with Gasteiger partial charge in [-0.05, 0) is 48.2 Å². The zero-order valence-corrected chi connectivity index (χ0v) is 14.6. The number of urea groups is 1. The van der Waals surface area contributed by atoms with Crippen LogP contribution in [0.2, 0.25) is 0 Å². The number of amides is 3. The van der Waals surface area contributed by atoms with Crippen LogP contribution in [0.15, 0.2) is 48.5 Å². The summed E-state index contributed by atoms with van der Waals surface area (Å²) in [5.74, 6) is -0.393. The first-order valence-corrected chi connectivity index (χ1v) is 8.61. The molecule has 0 atom stereocenters. The molecule has 0 aromatic heterocycles. The van der Waals surface area contributed by atoms with Crippen molar-refractivity contribution in [3.63, 3.8) is 0 Å². The molecule has 2 aromatic rings. The summed E-state index contributed by atoms with van der Waals surface area (Å²) in [6, 6.07) is 13.3. The van der Waals surface area contributed by atoms with Crippen LogP contribution in [0.1, 0.15) is 34.3 Å². The van der Waals surface area contributed by atoms with E-state index in [1.54, 1.807) is 31.3 Å². The monoisotopic (exact) mass is 355 g/mol. The minimum atomic E-state index is -0.252. The lowest BCUT2D eigenvalue weighted by molar-refractivity contribution is 0.0963. The number of hydrogen-bond donors (Lipinski definition) is 3. The predicted octanol–water partition coefficient (Wildman–Crippen LogP) is 2.72. The fourth-order valence-electron chi connectivity index (χ4n) is 2.93. The molecule has 1 saturated carbocycles. The highest BCUT2D eigenvalue weighted by Gasteiger charge is 2.44. The molecular weight excluding hydrogens is 333 g/mol. The highest BCUT2D eigenvalue weighted by Crippen LogP contribution is 2.47. The molecule has 0 radical (unpaired) electrons. The molecule has 0 bridgehead atoms. The van der Waals surface area contributed by atoms with E-state index in [4.69, 9.17) is 0 Å². The van der Waals surface area contributed by atoms with E-state index in [2.05, 4.69) is 16.0 Å².